The molecule has 0 atom stereocenters. The van der Waals surface area contributed by atoms with Crippen LogP contribution in [0.5, 0.6) is 11.5 Å². The molecule has 4 rings (SSSR count). The number of benzene rings is 3. The van der Waals surface area contributed by atoms with E-state index in [1.165, 1.54) is 19.2 Å². The third kappa shape index (κ3) is 3.39. The Balaban J connectivity index is 1.69. The number of fused-ring (bicyclic) bond motifs is 1. The van der Waals surface area contributed by atoms with Crippen LogP contribution in [0.2, 0.25) is 0 Å². The van der Waals surface area contributed by atoms with Gasteiger partial charge < -0.3 is 14.0 Å². The highest BCUT2D eigenvalue weighted by Gasteiger charge is 2.16. The molecule has 0 N–H and O–H groups in total. The van der Waals surface area contributed by atoms with Gasteiger partial charge in [0.2, 0.25) is 0 Å². The summed E-state index contributed by atoms with van der Waals surface area (Å²) in [6, 6.07) is 18.9. The highest BCUT2D eigenvalue weighted by atomic mass is 79.9. The first kappa shape index (κ1) is 18.3. The summed E-state index contributed by atoms with van der Waals surface area (Å²) in [5.41, 5.74) is 2.29. The van der Waals surface area contributed by atoms with Gasteiger partial charge in [-0.2, -0.15) is 0 Å². The van der Waals surface area contributed by atoms with Crippen LogP contribution >= 0.6 is 15.9 Å². The van der Waals surface area contributed by atoms with Crippen LogP contribution in [0.3, 0.4) is 0 Å². The van der Waals surface area contributed by atoms with Crippen molar-refractivity contribution in [3.8, 4) is 17.2 Å². The molecule has 1 aromatic heterocycles. The Labute approximate surface area is 169 Å². The molecule has 3 aromatic carbocycles. The smallest absolute Gasteiger partial charge is 0.338 e. The van der Waals surface area contributed by atoms with Crippen LogP contribution < -0.4 is 4.74 Å². The lowest BCUT2D eigenvalue weighted by Crippen LogP contribution is -2.02. The first-order chi connectivity index (χ1) is 13.6. The summed E-state index contributed by atoms with van der Waals surface area (Å²) in [6.07, 6.45) is 1.91. The fraction of sp³-hybridized carbons (Fsp3) is 0.0455. The van der Waals surface area contributed by atoms with E-state index in [1.54, 1.807) is 18.2 Å². The molecule has 6 heteroatoms. The molecule has 0 amide bonds. The maximum atomic E-state index is 13.0. The van der Waals surface area contributed by atoms with Crippen molar-refractivity contribution in [1.29, 1.82) is 0 Å². The molecule has 0 radical (unpaired) electrons. The minimum Gasteiger partial charge on any atom is -0.465 e. The van der Waals surface area contributed by atoms with E-state index in [9.17, 15) is 9.18 Å². The summed E-state index contributed by atoms with van der Waals surface area (Å²) in [4.78, 5) is 12.1. The Morgan fingerprint density at radius 2 is 1.61 bits per heavy atom. The molecule has 28 heavy (non-hydrogen) atoms. The van der Waals surface area contributed by atoms with Gasteiger partial charge in [-0.05, 0) is 76.6 Å². The molecule has 0 bridgehead atoms. The maximum absolute atomic E-state index is 13.0. The number of hydrogen-bond acceptors (Lipinski definition) is 3. The van der Waals surface area contributed by atoms with Crippen LogP contribution in [0.15, 0.2) is 77.4 Å². The van der Waals surface area contributed by atoms with Crippen molar-refractivity contribution in [2.75, 3.05) is 7.11 Å². The first-order valence-corrected chi connectivity index (χ1v) is 9.28. The quantitative estimate of drug-likeness (QED) is 0.360. The van der Waals surface area contributed by atoms with Gasteiger partial charge in [-0.1, -0.05) is 6.07 Å². The van der Waals surface area contributed by atoms with Crippen LogP contribution in [-0.2, 0) is 4.74 Å². The van der Waals surface area contributed by atoms with E-state index in [1.807, 2.05) is 47.2 Å². The van der Waals surface area contributed by atoms with Crippen molar-refractivity contribution in [3.63, 3.8) is 0 Å². The second-order valence-electron chi connectivity index (χ2n) is 6.09. The van der Waals surface area contributed by atoms with Crippen molar-refractivity contribution in [2.45, 2.75) is 0 Å². The first-order valence-electron chi connectivity index (χ1n) is 8.48. The van der Waals surface area contributed by atoms with E-state index in [2.05, 4.69) is 15.9 Å². The van der Waals surface area contributed by atoms with Crippen molar-refractivity contribution in [2.24, 2.45) is 0 Å². The van der Waals surface area contributed by atoms with E-state index in [0.29, 0.717) is 17.1 Å². The Kier molecular flexibility index (Phi) is 4.88. The summed E-state index contributed by atoms with van der Waals surface area (Å²) >= 11 is 3.54. The summed E-state index contributed by atoms with van der Waals surface area (Å²) in [6.45, 7) is 0. The number of hydrogen-bond donors (Lipinski definition) is 0. The Bertz CT molecular complexity index is 1150. The minimum atomic E-state index is -0.382. The molecular formula is C22H15BrFNO3. The summed E-state index contributed by atoms with van der Waals surface area (Å²) in [5.74, 6) is 0.512. The number of methoxy groups -OCH3 is 1. The third-order valence-electron chi connectivity index (χ3n) is 4.35. The number of carbonyl (C=O) groups excluding carboxylic acids is 1. The Hall–Kier alpha value is -3.12. The molecular weight excluding hydrogens is 425 g/mol. The normalized spacial score (nSPS) is 10.8. The zero-order valence-corrected chi connectivity index (χ0v) is 16.4. The molecule has 0 saturated carbocycles. The molecule has 0 unspecified atom stereocenters. The molecule has 4 aromatic rings. The van der Waals surface area contributed by atoms with Crippen LogP contribution in [0, 0.1) is 5.82 Å². The second kappa shape index (κ2) is 7.48. The topological polar surface area (TPSA) is 40.5 Å². The fourth-order valence-electron chi connectivity index (χ4n) is 3.05. The fourth-order valence-corrected chi connectivity index (χ4v) is 3.67. The van der Waals surface area contributed by atoms with Gasteiger partial charge in [0.25, 0.3) is 0 Å². The lowest BCUT2D eigenvalue weighted by Gasteiger charge is -2.09. The van der Waals surface area contributed by atoms with E-state index >= 15 is 0 Å². The molecule has 0 fully saturated rings. The highest BCUT2D eigenvalue weighted by Crippen LogP contribution is 2.33. The van der Waals surface area contributed by atoms with E-state index < -0.39 is 0 Å². The zero-order chi connectivity index (χ0) is 19.7. The monoisotopic (exact) mass is 439 g/mol. The second-order valence-corrected chi connectivity index (χ2v) is 6.94. The molecule has 140 valence electrons. The third-order valence-corrected chi connectivity index (χ3v) is 4.95. The predicted molar refractivity (Wildman–Crippen MR) is 109 cm³/mol. The van der Waals surface area contributed by atoms with Gasteiger partial charge in [-0.25, -0.2) is 9.18 Å². The number of nitrogens with zero attached hydrogens (tertiary/aromatic N) is 1. The van der Waals surface area contributed by atoms with Crippen LogP contribution in [-0.4, -0.2) is 17.6 Å². The molecule has 0 aliphatic carbocycles. The number of ether oxygens (including phenoxy) is 2. The van der Waals surface area contributed by atoms with Gasteiger partial charge >= 0.3 is 5.97 Å². The van der Waals surface area contributed by atoms with Crippen LogP contribution in [0.25, 0.3) is 16.6 Å². The molecule has 0 spiro atoms. The zero-order valence-electron chi connectivity index (χ0n) is 14.9. The molecule has 0 saturated heterocycles. The highest BCUT2D eigenvalue weighted by molar-refractivity contribution is 9.10. The van der Waals surface area contributed by atoms with E-state index in [4.69, 9.17) is 9.47 Å². The number of carbonyl (C=O) groups is 1. The number of esters is 1. The van der Waals surface area contributed by atoms with Gasteiger partial charge in [0.1, 0.15) is 17.3 Å². The number of rotatable bonds is 4. The average molecular weight is 440 g/mol. The molecule has 0 aliphatic heterocycles. The predicted octanol–water partition coefficient (Wildman–Crippen LogP) is 6.11. The average Bonchev–Trinajstić information content (AvgIpc) is 3.06. The summed E-state index contributed by atoms with van der Waals surface area (Å²) in [5, 5.41) is 0.793. The SMILES string of the molecule is COC(=O)c1cccc2c1c(Br)cn2-c1ccc(Oc2ccc(F)cc2)cc1. The summed E-state index contributed by atoms with van der Waals surface area (Å²) in [7, 11) is 1.37. The van der Waals surface area contributed by atoms with Crippen molar-refractivity contribution >= 4 is 32.8 Å². The lowest BCUT2D eigenvalue weighted by molar-refractivity contribution is 0.0603. The van der Waals surface area contributed by atoms with Crippen LogP contribution in [0.4, 0.5) is 4.39 Å². The van der Waals surface area contributed by atoms with Gasteiger partial charge in [0, 0.05) is 21.7 Å². The van der Waals surface area contributed by atoms with Crippen molar-refractivity contribution in [1.82, 2.24) is 4.57 Å². The van der Waals surface area contributed by atoms with Gasteiger partial charge in [-0.3, -0.25) is 0 Å². The summed E-state index contributed by atoms with van der Waals surface area (Å²) < 4.78 is 26.4. The Morgan fingerprint density at radius 3 is 2.25 bits per heavy atom. The number of aromatic nitrogens is 1. The van der Waals surface area contributed by atoms with Crippen LogP contribution in [0.1, 0.15) is 10.4 Å². The Morgan fingerprint density at radius 1 is 0.964 bits per heavy atom. The van der Waals surface area contributed by atoms with Gasteiger partial charge in [0.05, 0.1) is 18.2 Å². The number of halogens is 2. The van der Waals surface area contributed by atoms with E-state index in [-0.39, 0.29) is 11.8 Å². The molecule has 4 nitrogen and oxygen atoms in total. The van der Waals surface area contributed by atoms with Crippen molar-refractivity contribution in [3.05, 3.63) is 88.8 Å². The van der Waals surface area contributed by atoms with E-state index in [0.717, 1.165) is 21.1 Å². The molecule has 1 heterocycles. The van der Waals surface area contributed by atoms with Gasteiger partial charge in [-0.15, -0.1) is 0 Å². The van der Waals surface area contributed by atoms with Gasteiger partial charge in [0.15, 0.2) is 0 Å². The maximum Gasteiger partial charge on any atom is 0.338 e. The lowest BCUT2D eigenvalue weighted by atomic mass is 10.1. The van der Waals surface area contributed by atoms with Crippen molar-refractivity contribution < 1.29 is 18.7 Å². The largest absolute Gasteiger partial charge is 0.465 e. The molecule has 0 aliphatic rings. The standard InChI is InChI=1S/C22H15BrFNO3/c1-27-22(26)18-3-2-4-20-21(18)19(23)13-25(20)15-7-11-17(12-8-15)28-16-9-5-14(24)6-10-16/h2-13H,1H3. The minimum absolute atomic E-state index is 0.306.